The van der Waals surface area contributed by atoms with Crippen molar-refractivity contribution in [3.63, 3.8) is 0 Å². The molecule has 2 heterocycles. The number of H-pyrrole nitrogens is 1. The smallest absolute Gasteiger partial charge is 0.210 e. The first-order valence-corrected chi connectivity index (χ1v) is 9.91. The fourth-order valence-corrected chi connectivity index (χ4v) is 5.22. The highest BCUT2D eigenvalue weighted by atomic mass is 32.2. The molecule has 0 radical (unpaired) electrons. The van der Waals surface area contributed by atoms with E-state index in [-0.39, 0.29) is 17.6 Å². The molecule has 2 bridgehead atoms. The molecule has 2 aromatic rings. The molecule has 3 atom stereocenters. The van der Waals surface area contributed by atoms with Gasteiger partial charge in [0.15, 0.2) is 0 Å². The Hall–Kier alpha value is -1.91. The molecule has 0 spiro atoms. The summed E-state index contributed by atoms with van der Waals surface area (Å²) in [5, 5.41) is 19.2. The molecule has 10 heteroatoms. The van der Waals surface area contributed by atoms with E-state index in [2.05, 4.69) is 25.5 Å². The Morgan fingerprint density at radius 1 is 1.36 bits per heavy atom. The van der Waals surface area contributed by atoms with Crippen LogP contribution in [-0.2, 0) is 16.6 Å². The number of nitrogens with zero attached hydrogens (tertiary/aromatic N) is 4. The second-order valence-corrected chi connectivity index (χ2v) is 8.49. The predicted octanol–water partition coefficient (Wildman–Crippen LogP) is 0.647. The first-order chi connectivity index (χ1) is 11.9. The molecule has 1 aromatic carbocycles. The van der Waals surface area contributed by atoms with E-state index in [4.69, 9.17) is 5.14 Å². The first kappa shape index (κ1) is 16.6. The maximum atomic E-state index is 13.8. The third kappa shape index (κ3) is 3.29. The summed E-state index contributed by atoms with van der Waals surface area (Å²) < 4.78 is 37.1. The molecule has 1 aromatic heterocycles. The minimum atomic E-state index is -3.57. The van der Waals surface area contributed by atoms with Crippen LogP contribution >= 0.6 is 0 Å². The van der Waals surface area contributed by atoms with E-state index in [1.807, 2.05) is 0 Å². The Labute approximate surface area is 144 Å². The number of primary sulfonamides is 1. The fraction of sp³-hybridized carbons (Fsp3) is 0.533. The van der Waals surface area contributed by atoms with Gasteiger partial charge in [0, 0.05) is 24.2 Å². The van der Waals surface area contributed by atoms with Gasteiger partial charge in [-0.05, 0) is 54.2 Å². The number of benzene rings is 1. The molecule has 134 valence electrons. The standard InChI is InChI=1S/C15H19FN6O2S/c16-11-2-4-13(15-18-20-21-19-15)10(5-11)7-22-12-3-1-9(6-12)14(22)8-25(17,23)24/h2,4-5,9,12,14H,1,3,6-8H2,(H2,17,23,24)(H,18,19,20,21)/t9-,12+,14+/m0/s1. The number of sulfonamides is 1. The summed E-state index contributed by atoms with van der Waals surface area (Å²) in [4.78, 5) is 2.15. The molecule has 2 fully saturated rings. The van der Waals surface area contributed by atoms with Crippen LogP contribution in [0.5, 0.6) is 0 Å². The lowest BCUT2D eigenvalue weighted by molar-refractivity contribution is 0.144. The lowest BCUT2D eigenvalue weighted by atomic mass is 9.98. The molecule has 0 unspecified atom stereocenters. The number of rotatable bonds is 5. The number of likely N-dealkylation sites (tertiary alicyclic amines) is 1. The number of halogens is 1. The lowest BCUT2D eigenvalue weighted by Crippen LogP contribution is -2.45. The van der Waals surface area contributed by atoms with Crippen molar-refractivity contribution in [1.82, 2.24) is 25.5 Å². The van der Waals surface area contributed by atoms with E-state index in [1.54, 1.807) is 6.07 Å². The van der Waals surface area contributed by atoms with E-state index >= 15 is 0 Å². The minimum absolute atomic E-state index is 0.0684. The molecule has 1 saturated heterocycles. The van der Waals surface area contributed by atoms with Gasteiger partial charge in [0.25, 0.3) is 0 Å². The summed E-state index contributed by atoms with van der Waals surface area (Å²) in [6.45, 7) is 0.434. The van der Waals surface area contributed by atoms with Crippen molar-refractivity contribution in [3.8, 4) is 11.4 Å². The van der Waals surface area contributed by atoms with Gasteiger partial charge >= 0.3 is 0 Å². The molecule has 3 N–H and O–H groups in total. The highest BCUT2D eigenvalue weighted by Crippen LogP contribution is 2.44. The van der Waals surface area contributed by atoms with E-state index in [0.717, 1.165) is 19.3 Å². The average molecular weight is 366 g/mol. The number of tetrazole rings is 1. The summed E-state index contributed by atoms with van der Waals surface area (Å²) in [7, 11) is -3.57. The SMILES string of the molecule is NS(=O)(=O)C[C@@H]1[C@H]2CC[C@H](C2)N1Cc1cc(F)ccc1-c1nn[nH]n1. The number of nitrogens with one attached hydrogen (secondary N) is 1. The molecule has 1 saturated carbocycles. The largest absolute Gasteiger partial charge is 0.292 e. The first-order valence-electron chi connectivity index (χ1n) is 8.19. The zero-order valence-corrected chi connectivity index (χ0v) is 14.3. The minimum Gasteiger partial charge on any atom is -0.292 e. The van der Waals surface area contributed by atoms with Gasteiger partial charge in [-0.25, -0.2) is 17.9 Å². The van der Waals surface area contributed by atoms with Crippen LogP contribution in [0.3, 0.4) is 0 Å². The maximum Gasteiger partial charge on any atom is 0.210 e. The molecule has 1 aliphatic heterocycles. The van der Waals surface area contributed by atoms with Gasteiger partial charge in [-0.2, -0.15) is 5.21 Å². The van der Waals surface area contributed by atoms with Gasteiger partial charge in [0.05, 0.1) is 5.75 Å². The highest BCUT2D eigenvalue weighted by Gasteiger charge is 2.46. The zero-order chi connectivity index (χ0) is 17.6. The lowest BCUT2D eigenvalue weighted by Gasteiger charge is -2.35. The van der Waals surface area contributed by atoms with Crippen LogP contribution in [0.25, 0.3) is 11.4 Å². The van der Waals surface area contributed by atoms with Crippen LogP contribution < -0.4 is 5.14 Å². The van der Waals surface area contributed by atoms with Crippen LogP contribution in [0, 0.1) is 11.7 Å². The normalized spacial score (nSPS) is 26.4. The summed E-state index contributed by atoms with van der Waals surface area (Å²) in [6, 6.07) is 4.60. The Morgan fingerprint density at radius 3 is 2.92 bits per heavy atom. The summed E-state index contributed by atoms with van der Waals surface area (Å²) in [6.07, 6.45) is 3.01. The Kier molecular flexibility index (Phi) is 4.05. The summed E-state index contributed by atoms with van der Waals surface area (Å²) in [5.74, 6) is 0.295. The monoisotopic (exact) mass is 366 g/mol. The average Bonchev–Trinajstić information content (AvgIpc) is 3.25. The van der Waals surface area contributed by atoms with E-state index in [9.17, 15) is 12.8 Å². The second-order valence-electron chi connectivity index (χ2n) is 6.83. The maximum absolute atomic E-state index is 13.8. The Bertz CT molecular complexity index is 872. The van der Waals surface area contributed by atoms with Gasteiger partial charge in [-0.1, -0.05) is 0 Å². The highest BCUT2D eigenvalue weighted by molar-refractivity contribution is 7.89. The van der Waals surface area contributed by atoms with E-state index in [0.29, 0.717) is 35.5 Å². The summed E-state index contributed by atoms with van der Waals surface area (Å²) in [5.41, 5.74) is 1.40. The van der Waals surface area contributed by atoms with Gasteiger partial charge in [0.2, 0.25) is 15.8 Å². The van der Waals surface area contributed by atoms with E-state index < -0.39 is 10.0 Å². The second kappa shape index (κ2) is 6.11. The molecule has 8 nitrogen and oxygen atoms in total. The molecule has 1 aliphatic carbocycles. The topological polar surface area (TPSA) is 118 Å². The number of aromatic nitrogens is 4. The van der Waals surface area contributed by atoms with Crippen molar-refractivity contribution >= 4 is 10.0 Å². The van der Waals surface area contributed by atoms with Crippen LogP contribution in [0.1, 0.15) is 24.8 Å². The van der Waals surface area contributed by atoms with Gasteiger partial charge in [-0.15, -0.1) is 10.2 Å². The Morgan fingerprint density at radius 2 is 2.20 bits per heavy atom. The van der Waals surface area contributed by atoms with Crippen LogP contribution in [-0.4, -0.2) is 51.8 Å². The number of nitrogens with two attached hydrogens (primary N) is 1. The summed E-state index contributed by atoms with van der Waals surface area (Å²) >= 11 is 0. The third-order valence-corrected chi connectivity index (χ3v) is 6.10. The zero-order valence-electron chi connectivity index (χ0n) is 13.5. The van der Waals surface area contributed by atoms with Crippen LogP contribution in [0.4, 0.5) is 4.39 Å². The van der Waals surface area contributed by atoms with Gasteiger partial charge in [-0.3, -0.25) is 4.90 Å². The van der Waals surface area contributed by atoms with Crippen molar-refractivity contribution in [2.45, 2.75) is 37.9 Å². The number of aromatic amines is 1. The van der Waals surface area contributed by atoms with Crippen molar-refractivity contribution in [2.24, 2.45) is 11.1 Å². The number of hydrogen-bond donors (Lipinski definition) is 2. The van der Waals surface area contributed by atoms with Crippen molar-refractivity contribution < 1.29 is 12.8 Å². The molecule has 2 aliphatic rings. The van der Waals surface area contributed by atoms with Crippen LogP contribution in [0.2, 0.25) is 0 Å². The third-order valence-electron chi connectivity index (χ3n) is 5.29. The van der Waals surface area contributed by atoms with Gasteiger partial charge < -0.3 is 0 Å². The quantitative estimate of drug-likeness (QED) is 0.802. The van der Waals surface area contributed by atoms with Crippen molar-refractivity contribution in [3.05, 3.63) is 29.6 Å². The Balaban J connectivity index is 1.66. The molecular weight excluding hydrogens is 347 g/mol. The van der Waals surface area contributed by atoms with Crippen molar-refractivity contribution in [2.75, 3.05) is 5.75 Å². The molecular formula is C15H19FN6O2S. The van der Waals surface area contributed by atoms with Crippen LogP contribution in [0.15, 0.2) is 18.2 Å². The molecule has 25 heavy (non-hydrogen) atoms. The van der Waals surface area contributed by atoms with E-state index in [1.165, 1.54) is 12.1 Å². The molecule has 4 rings (SSSR count). The number of piperidine rings is 1. The van der Waals surface area contributed by atoms with Gasteiger partial charge in [0.1, 0.15) is 5.82 Å². The number of fused-ring (bicyclic) bond motifs is 2. The fourth-order valence-electron chi connectivity index (χ4n) is 4.28. The van der Waals surface area contributed by atoms with Crippen molar-refractivity contribution in [1.29, 1.82) is 0 Å². The molecule has 0 amide bonds. The predicted molar refractivity (Wildman–Crippen MR) is 88.0 cm³/mol. The number of hydrogen-bond acceptors (Lipinski definition) is 6.